The van der Waals surface area contributed by atoms with Gasteiger partial charge in [0.05, 0.1) is 0 Å². The van der Waals surface area contributed by atoms with E-state index >= 15 is 0 Å². The highest BCUT2D eigenvalue weighted by atomic mass is 16.4. The Labute approximate surface area is 117 Å². The van der Waals surface area contributed by atoms with Crippen LogP contribution in [0.4, 0.5) is 0 Å². The molecule has 2 unspecified atom stereocenters. The van der Waals surface area contributed by atoms with Gasteiger partial charge in [0.1, 0.15) is 11.7 Å². The fourth-order valence-corrected chi connectivity index (χ4v) is 2.10. The van der Waals surface area contributed by atoms with Crippen molar-refractivity contribution in [3.63, 3.8) is 0 Å². The van der Waals surface area contributed by atoms with Crippen LogP contribution in [0.5, 0.6) is 0 Å². The van der Waals surface area contributed by atoms with Crippen LogP contribution in [0.25, 0.3) is 10.9 Å². The van der Waals surface area contributed by atoms with Gasteiger partial charge in [-0.3, -0.25) is 4.79 Å². The highest BCUT2D eigenvalue weighted by Gasteiger charge is 2.26. The average molecular weight is 274 g/mol. The molecule has 2 aromatic rings. The number of benzene rings is 1. The molecule has 2 rings (SSSR count). The number of carboxylic acids is 1. The molecule has 0 fully saturated rings. The standard InChI is InChI=1S/C15H18N2O3/c1-3-9(2)13(15(19)20)17-14(18)12-8-10-6-4-5-7-11(10)16-12/h4-9,13,16H,3H2,1-2H3,(H,17,18)(H,19,20). The summed E-state index contributed by atoms with van der Waals surface area (Å²) >= 11 is 0. The second-order valence-electron chi connectivity index (χ2n) is 4.95. The lowest BCUT2D eigenvalue weighted by molar-refractivity contribution is -0.140. The van der Waals surface area contributed by atoms with Crippen LogP contribution in [0.15, 0.2) is 30.3 Å². The molecule has 2 atom stereocenters. The van der Waals surface area contributed by atoms with Gasteiger partial charge in [-0.05, 0) is 18.1 Å². The van der Waals surface area contributed by atoms with E-state index in [1.807, 2.05) is 38.1 Å². The van der Waals surface area contributed by atoms with Crippen molar-refractivity contribution in [1.29, 1.82) is 0 Å². The number of amides is 1. The van der Waals surface area contributed by atoms with Crippen molar-refractivity contribution < 1.29 is 14.7 Å². The summed E-state index contributed by atoms with van der Waals surface area (Å²) in [4.78, 5) is 26.3. The number of nitrogens with one attached hydrogen (secondary N) is 2. The van der Waals surface area contributed by atoms with E-state index in [-0.39, 0.29) is 5.92 Å². The number of hydrogen-bond acceptors (Lipinski definition) is 2. The first-order valence-corrected chi connectivity index (χ1v) is 6.64. The molecule has 0 spiro atoms. The predicted molar refractivity (Wildman–Crippen MR) is 76.6 cm³/mol. The molecule has 0 radical (unpaired) electrons. The Morgan fingerprint density at radius 2 is 2.05 bits per heavy atom. The lowest BCUT2D eigenvalue weighted by atomic mass is 9.99. The van der Waals surface area contributed by atoms with E-state index in [1.165, 1.54) is 0 Å². The van der Waals surface area contributed by atoms with Gasteiger partial charge in [0.25, 0.3) is 5.91 Å². The molecule has 20 heavy (non-hydrogen) atoms. The minimum atomic E-state index is -1.01. The van der Waals surface area contributed by atoms with Crippen molar-refractivity contribution in [1.82, 2.24) is 10.3 Å². The molecular formula is C15H18N2O3. The monoisotopic (exact) mass is 274 g/mol. The van der Waals surface area contributed by atoms with Gasteiger partial charge in [-0.25, -0.2) is 4.79 Å². The van der Waals surface area contributed by atoms with Crippen LogP contribution in [0.1, 0.15) is 30.8 Å². The number of rotatable bonds is 5. The van der Waals surface area contributed by atoms with E-state index in [2.05, 4.69) is 10.3 Å². The van der Waals surface area contributed by atoms with Gasteiger partial charge in [-0.1, -0.05) is 38.5 Å². The van der Waals surface area contributed by atoms with Gasteiger partial charge >= 0.3 is 5.97 Å². The van der Waals surface area contributed by atoms with Crippen molar-refractivity contribution in [2.24, 2.45) is 5.92 Å². The molecule has 0 aliphatic rings. The molecule has 0 aliphatic carbocycles. The fourth-order valence-electron chi connectivity index (χ4n) is 2.10. The SMILES string of the molecule is CCC(C)C(NC(=O)c1cc2ccccc2[nH]1)C(=O)O. The van der Waals surface area contributed by atoms with Crippen molar-refractivity contribution in [3.8, 4) is 0 Å². The van der Waals surface area contributed by atoms with Gasteiger partial charge in [-0.15, -0.1) is 0 Å². The Bertz CT molecular complexity index is 600. The van der Waals surface area contributed by atoms with E-state index in [9.17, 15) is 14.7 Å². The first-order chi connectivity index (χ1) is 9.52. The number of carbonyl (C=O) groups is 2. The van der Waals surface area contributed by atoms with Crippen LogP contribution in [-0.2, 0) is 4.79 Å². The van der Waals surface area contributed by atoms with Gasteiger partial charge in [-0.2, -0.15) is 0 Å². The number of aromatic amines is 1. The molecule has 1 aromatic heterocycles. The summed E-state index contributed by atoms with van der Waals surface area (Å²) in [7, 11) is 0. The van der Waals surface area contributed by atoms with Crippen molar-refractivity contribution >= 4 is 22.8 Å². The Morgan fingerprint density at radius 3 is 2.65 bits per heavy atom. The van der Waals surface area contributed by atoms with E-state index in [1.54, 1.807) is 6.07 Å². The summed E-state index contributed by atoms with van der Waals surface area (Å²) in [6.07, 6.45) is 0.684. The molecule has 1 aromatic carbocycles. The smallest absolute Gasteiger partial charge is 0.326 e. The summed E-state index contributed by atoms with van der Waals surface area (Å²) in [5, 5.41) is 12.7. The highest BCUT2D eigenvalue weighted by Crippen LogP contribution is 2.15. The number of H-pyrrole nitrogens is 1. The lowest BCUT2D eigenvalue weighted by Crippen LogP contribution is -2.45. The maximum absolute atomic E-state index is 12.1. The first kappa shape index (κ1) is 14.1. The third-order valence-corrected chi connectivity index (χ3v) is 3.54. The molecule has 0 saturated carbocycles. The topological polar surface area (TPSA) is 82.2 Å². The van der Waals surface area contributed by atoms with Crippen molar-refractivity contribution in [2.45, 2.75) is 26.3 Å². The van der Waals surface area contributed by atoms with Crippen LogP contribution in [0.2, 0.25) is 0 Å². The molecule has 1 amide bonds. The molecule has 5 heteroatoms. The molecule has 5 nitrogen and oxygen atoms in total. The fraction of sp³-hybridized carbons (Fsp3) is 0.333. The molecule has 0 aliphatic heterocycles. The Hall–Kier alpha value is -2.30. The number of para-hydroxylation sites is 1. The van der Waals surface area contributed by atoms with Crippen LogP contribution >= 0.6 is 0 Å². The second kappa shape index (κ2) is 5.77. The quantitative estimate of drug-likeness (QED) is 0.783. The maximum atomic E-state index is 12.1. The van der Waals surface area contributed by atoms with Gasteiger partial charge in [0, 0.05) is 10.9 Å². The lowest BCUT2D eigenvalue weighted by Gasteiger charge is -2.19. The largest absolute Gasteiger partial charge is 0.480 e. The van der Waals surface area contributed by atoms with Crippen molar-refractivity contribution in [3.05, 3.63) is 36.0 Å². The summed E-state index contributed by atoms with van der Waals surface area (Å²) in [5.74, 6) is -1.53. The third kappa shape index (κ3) is 2.82. The summed E-state index contributed by atoms with van der Waals surface area (Å²) < 4.78 is 0. The number of fused-ring (bicyclic) bond motifs is 1. The van der Waals surface area contributed by atoms with Crippen LogP contribution in [0.3, 0.4) is 0 Å². The molecule has 0 saturated heterocycles. The van der Waals surface area contributed by atoms with Gasteiger partial charge < -0.3 is 15.4 Å². The molecular weight excluding hydrogens is 256 g/mol. The first-order valence-electron chi connectivity index (χ1n) is 6.64. The average Bonchev–Trinajstić information content (AvgIpc) is 2.87. The van der Waals surface area contributed by atoms with Gasteiger partial charge in [0.15, 0.2) is 0 Å². The zero-order chi connectivity index (χ0) is 14.7. The molecule has 3 N–H and O–H groups in total. The number of aliphatic carboxylic acids is 1. The summed E-state index contributed by atoms with van der Waals surface area (Å²) in [6, 6.07) is 8.37. The Morgan fingerprint density at radius 1 is 1.35 bits per heavy atom. The van der Waals surface area contributed by atoms with E-state index in [4.69, 9.17) is 0 Å². The van der Waals surface area contributed by atoms with Crippen molar-refractivity contribution in [2.75, 3.05) is 0 Å². The molecule has 106 valence electrons. The Balaban J connectivity index is 2.20. The Kier molecular flexibility index (Phi) is 4.08. The predicted octanol–water partition coefficient (Wildman–Crippen LogP) is 2.40. The van der Waals surface area contributed by atoms with Crippen LogP contribution in [0, 0.1) is 5.92 Å². The zero-order valence-corrected chi connectivity index (χ0v) is 11.5. The minimum absolute atomic E-state index is 0.124. The molecule has 0 bridgehead atoms. The number of hydrogen-bond donors (Lipinski definition) is 3. The summed E-state index contributed by atoms with van der Waals surface area (Å²) in [6.45, 7) is 3.71. The third-order valence-electron chi connectivity index (χ3n) is 3.54. The van der Waals surface area contributed by atoms with Crippen LogP contribution in [-0.4, -0.2) is 28.0 Å². The molecule has 1 heterocycles. The normalized spacial score (nSPS) is 13.9. The highest BCUT2D eigenvalue weighted by molar-refractivity contribution is 5.99. The summed E-state index contributed by atoms with van der Waals surface area (Å²) in [5.41, 5.74) is 1.23. The van der Waals surface area contributed by atoms with E-state index < -0.39 is 17.9 Å². The van der Waals surface area contributed by atoms with E-state index in [0.717, 1.165) is 10.9 Å². The van der Waals surface area contributed by atoms with Gasteiger partial charge in [0.2, 0.25) is 0 Å². The number of aromatic nitrogens is 1. The number of carbonyl (C=O) groups excluding carboxylic acids is 1. The van der Waals surface area contributed by atoms with Crippen LogP contribution < -0.4 is 5.32 Å². The number of carboxylic acid groups (broad SMARTS) is 1. The maximum Gasteiger partial charge on any atom is 0.326 e. The minimum Gasteiger partial charge on any atom is -0.480 e. The second-order valence-corrected chi connectivity index (χ2v) is 4.95. The van der Waals surface area contributed by atoms with E-state index in [0.29, 0.717) is 12.1 Å². The zero-order valence-electron chi connectivity index (χ0n) is 11.5.